The minimum absolute atomic E-state index is 0.0953. The van der Waals surface area contributed by atoms with Crippen LogP contribution in [0.3, 0.4) is 0 Å². The van der Waals surface area contributed by atoms with Crippen molar-refractivity contribution in [1.29, 1.82) is 0 Å². The van der Waals surface area contributed by atoms with Crippen LogP contribution in [0.1, 0.15) is 104 Å². The van der Waals surface area contributed by atoms with Gasteiger partial charge in [-0.05, 0) is 75.1 Å². The van der Waals surface area contributed by atoms with Crippen molar-refractivity contribution in [2.75, 3.05) is 40.6 Å². The number of aliphatic hydroxyl groups is 2. The van der Waals surface area contributed by atoms with Gasteiger partial charge in [-0.25, -0.2) is 0 Å². The normalized spacial score (nSPS) is 21.7. The van der Waals surface area contributed by atoms with Crippen LogP contribution >= 0.6 is 0 Å². The molecule has 2 heterocycles. The van der Waals surface area contributed by atoms with Gasteiger partial charge in [-0.3, -0.25) is 4.79 Å². The molecule has 1 aliphatic carbocycles. The SMILES string of the molecule is CC.CCOc1cc(OCC)c2c(c1)OC(c1ccc(OC)cc1)(C(CC=O)c1ccccc1)C2=O.CCOc1cc(OCC)c2c(c1)OC1(c3ccc(OC)cc3)C(c3ccccc3)CC(O)C21O. The predicted molar refractivity (Wildman–Crippen MR) is 267 cm³/mol. The van der Waals surface area contributed by atoms with Gasteiger partial charge in [-0.15, -0.1) is 0 Å². The number of benzene rings is 6. The minimum Gasteiger partial charge on any atom is -0.497 e. The van der Waals surface area contributed by atoms with Gasteiger partial charge in [0.25, 0.3) is 0 Å². The molecule has 12 heteroatoms. The number of aldehydes is 1. The molecular formula is C58H64O12. The summed E-state index contributed by atoms with van der Waals surface area (Å²) in [4.78, 5) is 26.2. The Kier molecular flexibility index (Phi) is 16.1. The number of Topliss-reactive ketones (excluding diaryl/α,β-unsaturated/α-hetero) is 1. The number of ketones is 1. The van der Waals surface area contributed by atoms with Gasteiger partial charge < -0.3 is 52.9 Å². The number of aliphatic hydroxyl groups excluding tert-OH is 1. The van der Waals surface area contributed by atoms with Crippen LogP contribution in [0, 0.1) is 0 Å². The second-order valence-corrected chi connectivity index (χ2v) is 16.6. The molecule has 0 spiro atoms. The summed E-state index contributed by atoms with van der Waals surface area (Å²) in [6.45, 7) is 13.2. The lowest BCUT2D eigenvalue weighted by atomic mass is 9.71. The third-order valence-corrected chi connectivity index (χ3v) is 13.1. The Bertz CT molecular complexity index is 2690. The predicted octanol–water partition coefficient (Wildman–Crippen LogP) is 10.9. The highest BCUT2D eigenvalue weighted by molar-refractivity contribution is 6.11. The fourth-order valence-electron chi connectivity index (χ4n) is 10.2. The van der Waals surface area contributed by atoms with Crippen molar-refractivity contribution >= 4 is 12.1 Å². The van der Waals surface area contributed by atoms with E-state index in [0.29, 0.717) is 95.5 Å². The zero-order chi connectivity index (χ0) is 50.1. The molecular weight excluding hydrogens is 889 g/mol. The van der Waals surface area contributed by atoms with Crippen LogP contribution in [0.25, 0.3) is 0 Å². The number of rotatable bonds is 17. The number of carbonyl (C=O) groups is 2. The number of ether oxygens (including phenoxy) is 8. The maximum absolute atomic E-state index is 14.3. The molecule has 368 valence electrons. The molecule has 6 aromatic carbocycles. The molecule has 6 aromatic rings. The van der Waals surface area contributed by atoms with Gasteiger partial charge in [-0.2, -0.15) is 0 Å². The van der Waals surface area contributed by atoms with Gasteiger partial charge in [0, 0.05) is 48.1 Å². The van der Waals surface area contributed by atoms with E-state index in [1.807, 2.05) is 139 Å². The Hall–Kier alpha value is -7.02. The smallest absolute Gasteiger partial charge is 0.219 e. The van der Waals surface area contributed by atoms with Gasteiger partial charge in [0.05, 0.1) is 52.3 Å². The highest BCUT2D eigenvalue weighted by atomic mass is 16.5. The molecule has 1 fully saturated rings. The minimum atomic E-state index is -1.74. The first-order chi connectivity index (χ1) is 34.1. The van der Waals surface area contributed by atoms with E-state index in [2.05, 4.69) is 0 Å². The molecule has 0 radical (unpaired) electrons. The molecule has 0 saturated heterocycles. The Labute approximate surface area is 411 Å². The monoisotopic (exact) mass is 952 g/mol. The van der Waals surface area contributed by atoms with E-state index in [1.165, 1.54) is 0 Å². The van der Waals surface area contributed by atoms with Crippen LogP contribution in [-0.2, 0) is 21.6 Å². The molecule has 3 aliphatic rings. The first-order valence-electron chi connectivity index (χ1n) is 24.1. The summed E-state index contributed by atoms with van der Waals surface area (Å²) in [5.74, 6) is 3.03. The maximum atomic E-state index is 14.3. The van der Waals surface area contributed by atoms with E-state index in [-0.39, 0.29) is 18.1 Å². The Morgan fingerprint density at radius 2 is 1.16 bits per heavy atom. The van der Waals surface area contributed by atoms with Gasteiger partial charge in [0.2, 0.25) is 11.4 Å². The largest absolute Gasteiger partial charge is 0.497 e. The fraction of sp³-hybridized carbons (Fsp3) is 0.345. The van der Waals surface area contributed by atoms with Gasteiger partial charge in [0.15, 0.2) is 11.2 Å². The topological polar surface area (TPSA) is 148 Å². The summed E-state index contributed by atoms with van der Waals surface area (Å²) in [7, 11) is 3.20. The molecule has 12 nitrogen and oxygen atoms in total. The average Bonchev–Trinajstić information content (AvgIpc) is 3.93. The molecule has 2 aliphatic heterocycles. The lowest BCUT2D eigenvalue weighted by Gasteiger charge is -2.40. The molecule has 1 saturated carbocycles. The number of fused-ring (bicyclic) bond motifs is 4. The summed E-state index contributed by atoms with van der Waals surface area (Å²) in [5, 5.41) is 24.0. The lowest BCUT2D eigenvalue weighted by Crippen LogP contribution is -2.52. The van der Waals surface area contributed by atoms with E-state index >= 15 is 0 Å². The zero-order valence-electron chi connectivity index (χ0n) is 41.2. The molecule has 9 rings (SSSR count). The van der Waals surface area contributed by atoms with E-state index in [0.717, 1.165) is 23.0 Å². The van der Waals surface area contributed by atoms with Crippen LogP contribution in [0.2, 0.25) is 0 Å². The van der Waals surface area contributed by atoms with Crippen LogP contribution < -0.4 is 37.9 Å². The van der Waals surface area contributed by atoms with Crippen molar-refractivity contribution < 1.29 is 57.7 Å². The van der Waals surface area contributed by atoms with E-state index < -0.39 is 28.8 Å². The van der Waals surface area contributed by atoms with Crippen molar-refractivity contribution in [3.8, 4) is 46.0 Å². The van der Waals surface area contributed by atoms with Gasteiger partial charge in [0.1, 0.15) is 57.8 Å². The number of carbonyl (C=O) groups excluding carboxylic acids is 2. The highest BCUT2D eigenvalue weighted by Crippen LogP contribution is 2.68. The Morgan fingerprint density at radius 1 is 0.643 bits per heavy atom. The number of hydrogen-bond acceptors (Lipinski definition) is 12. The highest BCUT2D eigenvalue weighted by Gasteiger charge is 2.73. The van der Waals surface area contributed by atoms with Crippen molar-refractivity contribution in [2.45, 2.75) is 89.1 Å². The van der Waals surface area contributed by atoms with Crippen LogP contribution in [0.15, 0.2) is 133 Å². The number of methoxy groups -OCH3 is 2. The molecule has 0 aromatic heterocycles. The summed E-state index contributed by atoms with van der Waals surface area (Å²) in [6.07, 6.45) is 0.165. The summed E-state index contributed by atoms with van der Waals surface area (Å²) < 4.78 is 47.3. The molecule has 70 heavy (non-hydrogen) atoms. The molecule has 6 atom stereocenters. The van der Waals surface area contributed by atoms with E-state index in [4.69, 9.17) is 37.9 Å². The number of hydrogen-bond donors (Lipinski definition) is 2. The first kappa shape index (κ1) is 50.8. The fourth-order valence-corrected chi connectivity index (χ4v) is 10.2. The molecule has 6 unspecified atom stereocenters. The quantitative estimate of drug-likeness (QED) is 0.0838. The summed E-state index contributed by atoms with van der Waals surface area (Å²) >= 11 is 0. The van der Waals surface area contributed by atoms with Crippen molar-refractivity contribution in [2.24, 2.45) is 0 Å². The maximum Gasteiger partial charge on any atom is 0.219 e. The zero-order valence-corrected chi connectivity index (χ0v) is 41.2. The van der Waals surface area contributed by atoms with E-state index in [1.54, 1.807) is 50.6 Å². The molecule has 2 N–H and O–H groups in total. The third kappa shape index (κ3) is 8.90. The summed E-state index contributed by atoms with van der Waals surface area (Å²) in [6, 6.07) is 41.0. The molecule has 0 bridgehead atoms. The van der Waals surface area contributed by atoms with Crippen molar-refractivity contribution in [3.63, 3.8) is 0 Å². The second kappa shape index (κ2) is 22.2. The van der Waals surface area contributed by atoms with Crippen LogP contribution in [0.5, 0.6) is 46.0 Å². The second-order valence-electron chi connectivity index (χ2n) is 16.6. The van der Waals surface area contributed by atoms with E-state index in [9.17, 15) is 19.8 Å². The van der Waals surface area contributed by atoms with Gasteiger partial charge >= 0.3 is 0 Å². The average molecular weight is 953 g/mol. The van der Waals surface area contributed by atoms with Crippen molar-refractivity contribution in [3.05, 3.63) is 167 Å². The first-order valence-corrected chi connectivity index (χ1v) is 24.1. The van der Waals surface area contributed by atoms with Gasteiger partial charge in [-0.1, -0.05) is 98.8 Å². The summed E-state index contributed by atoms with van der Waals surface area (Å²) in [5.41, 5.74) is -0.492. The molecule has 0 amide bonds. The third-order valence-electron chi connectivity index (χ3n) is 13.1. The standard InChI is InChI=1S/C28H30O6.C28H28O6.C2H6/c1-4-32-21-15-23(33-5-2)26-24(16-21)34-28(19-11-13-20(31-3)14-12-19)22(17-25(29)27(26,28)30)18-9-7-6-8-10-18;1-4-32-22-17-24(33-5-2)26-25(18-22)34-28(27(26)30,20-11-13-21(31-3)14-12-20)23(15-16-29)19-9-7-6-8-10-19;1-2/h6-16,22,25,29-30H,4-5,17H2,1-3H3;6-14,16-18,23H,4-5,15H2,1-3H3;1-2H3. The van der Waals surface area contributed by atoms with Crippen LogP contribution in [0.4, 0.5) is 0 Å². The van der Waals surface area contributed by atoms with Crippen LogP contribution in [-0.4, -0.2) is 69.0 Å². The lowest BCUT2D eigenvalue weighted by molar-refractivity contribution is -0.150. The Morgan fingerprint density at radius 3 is 1.70 bits per heavy atom. The van der Waals surface area contributed by atoms with Crippen molar-refractivity contribution in [1.82, 2.24) is 0 Å². The Balaban J connectivity index is 0.000000199.